The number of carbonyl (C=O) groups excluding carboxylic acids is 3. The Kier molecular flexibility index (Phi) is 40.9. The lowest BCUT2D eigenvalue weighted by molar-refractivity contribution is -0.303. The Labute approximate surface area is 436 Å². The van der Waals surface area contributed by atoms with Crippen LogP contribution in [0, 0.1) is 0 Å². The van der Waals surface area contributed by atoms with Gasteiger partial charge in [-0.2, -0.15) is 0 Å². The van der Waals surface area contributed by atoms with Crippen molar-refractivity contribution in [3.8, 4) is 0 Å². The SMILES string of the molecule is CCCCCCCCC=CCCCCCCCC(=O)O[C@H]1CO[C@@]2(OCC[C@]2(CO)OC(=O)CCCCCCCC=CCCCCCCCC)[C@@H]1OC(=O)CCCCCCCC=CCCCCCCCC. The number of aliphatic hydroxyl groups excluding tert-OH is 1. The highest BCUT2D eigenvalue weighted by atomic mass is 16.8. The minimum absolute atomic E-state index is 0.100. The molecule has 0 aromatic rings. The van der Waals surface area contributed by atoms with Crippen LogP contribution in [-0.2, 0) is 38.1 Å². The van der Waals surface area contributed by atoms with Crippen molar-refractivity contribution in [1.82, 2.24) is 0 Å². The smallest absolute Gasteiger partial charge is 0.306 e. The average Bonchev–Trinajstić information content (AvgIpc) is 3.90. The number of ether oxygens (including phenoxy) is 5. The molecule has 71 heavy (non-hydrogen) atoms. The summed E-state index contributed by atoms with van der Waals surface area (Å²) in [6.45, 7) is 6.21. The van der Waals surface area contributed by atoms with Gasteiger partial charge < -0.3 is 28.8 Å². The van der Waals surface area contributed by atoms with Gasteiger partial charge in [-0.15, -0.1) is 0 Å². The molecule has 2 heterocycles. The van der Waals surface area contributed by atoms with Crippen LogP contribution in [-0.4, -0.2) is 66.4 Å². The van der Waals surface area contributed by atoms with E-state index in [0.29, 0.717) is 19.3 Å². The van der Waals surface area contributed by atoms with Crippen molar-refractivity contribution in [2.45, 2.75) is 320 Å². The molecule has 9 heteroatoms. The second kappa shape index (κ2) is 44.9. The predicted octanol–water partition coefficient (Wildman–Crippen LogP) is 17.3. The number of aliphatic hydroxyl groups is 1. The van der Waals surface area contributed by atoms with Crippen LogP contribution in [0.3, 0.4) is 0 Å². The first-order chi connectivity index (χ1) is 34.9. The zero-order chi connectivity index (χ0) is 51.2. The molecule has 2 rings (SSSR count). The lowest BCUT2D eigenvalue weighted by Gasteiger charge is -2.42. The average molecular weight is 1000 g/mol. The first kappa shape index (κ1) is 64.6. The number of hydrogen-bond acceptors (Lipinski definition) is 9. The largest absolute Gasteiger partial charge is 0.456 e. The summed E-state index contributed by atoms with van der Waals surface area (Å²) in [6, 6.07) is 0. The number of allylic oxidation sites excluding steroid dienone is 6. The maximum atomic E-state index is 13.6. The van der Waals surface area contributed by atoms with E-state index in [4.69, 9.17) is 23.7 Å². The Bertz CT molecular complexity index is 1380. The first-order valence-corrected chi connectivity index (χ1v) is 30.3. The zero-order valence-corrected chi connectivity index (χ0v) is 46.4. The molecule has 412 valence electrons. The summed E-state index contributed by atoms with van der Waals surface area (Å²) in [4.78, 5) is 40.3. The summed E-state index contributed by atoms with van der Waals surface area (Å²) in [5.74, 6) is -3.07. The highest BCUT2D eigenvalue weighted by molar-refractivity contribution is 5.71. The van der Waals surface area contributed by atoms with Gasteiger partial charge in [-0.25, -0.2) is 0 Å². The summed E-state index contributed by atoms with van der Waals surface area (Å²) in [5, 5.41) is 11.0. The van der Waals surface area contributed by atoms with E-state index in [2.05, 4.69) is 57.2 Å². The molecule has 2 aliphatic heterocycles. The van der Waals surface area contributed by atoms with Crippen LogP contribution in [0.1, 0.15) is 297 Å². The molecule has 0 aliphatic carbocycles. The van der Waals surface area contributed by atoms with Gasteiger partial charge >= 0.3 is 17.9 Å². The predicted molar refractivity (Wildman–Crippen MR) is 293 cm³/mol. The quantitative estimate of drug-likeness (QED) is 0.0275. The van der Waals surface area contributed by atoms with Crippen molar-refractivity contribution < 1.29 is 43.2 Å². The normalized spacial score (nSPS) is 20.1. The van der Waals surface area contributed by atoms with Crippen LogP contribution < -0.4 is 0 Å². The Morgan fingerprint density at radius 3 is 1.13 bits per heavy atom. The van der Waals surface area contributed by atoms with E-state index in [1.807, 2.05) is 0 Å². The summed E-state index contributed by atoms with van der Waals surface area (Å²) < 4.78 is 30.8. The van der Waals surface area contributed by atoms with E-state index >= 15 is 0 Å². The van der Waals surface area contributed by atoms with E-state index in [0.717, 1.165) is 96.3 Å². The molecular weight excluding hydrogens is 889 g/mol. The van der Waals surface area contributed by atoms with Gasteiger partial charge in [-0.3, -0.25) is 14.4 Å². The third kappa shape index (κ3) is 30.5. The third-order valence-corrected chi connectivity index (χ3v) is 14.7. The molecule has 0 radical (unpaired) electrons. The second-order valence-corrected chi connectivity index (χ2v) is 21.1. The lowest BCUT2D eigenvalue weighted by Crippen LogP contribution is -2.63. The van der Waals surface area contributed by atoms with Crippen molar-refractivity contribution in [3.05, 3.63) is 36.5 Å². The van der Waals surface area contributed by atoms with Gasteiger partial charge in [0.1, 0.15) is 0 Å². The van der Waals surface area contributed by atoms with Gasteiger partial charge in [0.25, 0.3) is 5.79 Å². The fourth-order valence-electron chi connectivity index (χ4n) is 10.1. The Morgan fingerprint density at radius 1 is 0.437 bits per heavy atom. The maximum absolute atomic E-state index is 13.6. The molecule has 0 unspecified atom stereocenters. The molecule has 2 saturated heterocycles. The Morgan fingerprint density at radius 2 is 0.761 bits per heavy atom. The summed E-state index contributed by atoms with van der Waals surface area (Å²) in [6.07, 6.45) is 58.0. The molecule has 0 bridgehead atoms. The number of carbonyl (C=O) groups is 3. The number of esters is 3. The van der Waals surface area contributed by atoms with E-state index in [-0.39, 0.29) is 44.9 Å². The summed E-state index contributed by atoms with van der Waals surface area (Å²) >= 11 is 0. The second-order valence-electron chi connectivity index (χ2n) is 21.1. The Hall–Kier alpha value is -2.49. The topological polar surface area (TPSA) is 118 Å². The van der Waals surface area contributed by atoms with E-state index < -0.39 is 42.1 Å². The van der Waals surface area contributed by atoms with Crippen LogP contribution in [0.15, 0.2) is 36.5 Å². The molecule has 0 aromatic carbocycles. The van der Waals surface area contributed by atoms with Crippen LogP contribution >= 0.6 is 0 Å². The van der Waals surface area contributed by atoms with E-state index in [9.17, 15) is 19.5 Å². The fourth-order valence-corrected chi connectivity index (χ4v) is 10.1. The van der Waals surface area contributed by atoms with Crippen LogP contribution in [0.5, 0.6) is 0 Å². The van der Waals surface area contributed by atoms with Gasteiger partial charge in [0.05, 0.1) is 19.8 Å². The Balaban J connectivity index is 1.86. The minimum Gasteiger partial charge on any atom is -0.456 e. The molecule has 1 spiro atoms. The molecule has 2 fully saturated rings. The first-order valence-electron chi connectivity index (χ1n) is 30.3. The maximum Gasteiger partial charge on any atom is 0.306 e. The molecule has 0 amide bonds. The highest BCUT2D eigenvalue weighted by Crippen LogP contribution is 2.49. The number of unbranched alkanes of at least 4 members (excludes halogenated alkanes) is 33. The van der Waals surface area contributed by atoms with Gasteiger partial charge in [0, 0.05) is 25.7 Å². The molecule has 2 aliphatic rings. The lowest BCUT2D eigenvalue weighted by atomic mass is 9.87. The van der Waals surface area contributed by atoms with Crippen LogP contribution in [0.25, 0.3) is 0 Å². The minimum atomic E-state index is -1.79. The van der Waals surface area contributed by atoms with Crippen LogP contribution in [0.2, 0.25) is 0 Å². The van der Waals surface area contributed by atoms with E-state index in [1.54, 1.807) is 0 Å². The zero-order valence-electron chi connectivity index (χ0n) is 46.4. The van der Waals surface area contributed by atoms with Gasteiger partial charge in [0.2, 0.25) is 0 Å². The van der Waals surface area contributed by atoms with Crippen molar-refractivity contribution in [1.29, 1.82) is 0 Å². The summed E-state index contributed by atoms with van der Waals surface area (Å²) in [7, 11) is 0. The van der Waals surface area contributed by atoms with E-state index in [1.165, 1.54) is 135 Å². The number of hydrogen-bond donors (Lipinski definition) is 1. The van der Waals surface area contributed by atoms with Crippen molar-refractivity contribution >= 4 is 17.9 Å². The molecule has 4 atom stereocenters. The van der Waals surface area contributed by atoms with Crippen molar-refractivity contribution in [2.24, 2.45) is 0 Å². The molecule has 9 nitrogen and oxygen atoms in total. The molecule has 0 aromatic heterocycles. The third-order valence-electron chi connectivity index (χ3n) is 14.7. The molecular formula is C62H110O9. The number of rotatable bonds is 49. The molecule has 0 saturated carbocycles. The van der Waals surface area contributed by atoms with Crippen molar-refractivity contribution in [3.63, 3.8) is 0 Å². The van der Waals surface area contributed by atoms with Gasteiger partial charge in [0.15, 0.2) is 17.8 Å². The molecule has 1 N–H and O–H groups in total. The van der Waals surface area contributed by atoms with Gasteiger partial charge in [-0.05, 0) is 96.3 Å². The van der Waals surface area contributed by atoms with Gasteiger partial charge in [-0.1, -0.05) is 211 Å². The fraction of sp³-hybridized carbons (Fsp3) is 0.855. The van der Waals surface area contributed by atoms with Crippen molar-refractivity contribution in [2.75, 3.05) is 19.8 Å². The summed E-state index contributed by atoms with van der Waals surface area (Å²) in [5.41, 5.74) is -1.61. The standard InChI is InChI=1S/C62H110O9/c1-4-7-10-13-16-19-22-25-28-31-34-37-40-43-46-49-57(64)69-56-54-68-62(60(56)70-58(65)50-47-44-41-38-35-32-29-26-23-20-17-14-11-8-5-2)61(55-63,52-53-67-62)71-59(66)51-48-45-42-39-36-33-30-27-24-21-18-15-12-9-6-3/h25-30,56,60,63H,4-24,31-55H2,1-3H3/t56-,60+,61+,62-/m0/s1. The van der Waals surface area contributed by atoms with Crippen LogP contribution in [0.4, 0.5) is 0 Å². The highest BCUT2D eigenvalue weighted by Gasteiger charge is 2.71. The monoisotopic (exact) mass is 999 g/mol.